The molecule has 0 aromatic heterocycles. The van der Waals surface area contributed by atoms with Crippen molar-refractivity contribution < 1.29 is 78.4 Å². The molecule has 176 valence electrons. The summed E-state index contributed by atoms with van der Waals surface area (Å²) < 4.78 is 0.614. The van der Waals surface area contributed by atoms with E-state index in [9.17, 15) is 4.79 Å². The Morgan fingerprint density at radius 1 is 0.875 bits per heavy atom. The molecule has 0 N–H and O–H groups in total. The summed E-state index contributed by atoms with van der Waals surface area (Å²) in [5.41, 5.74) is 4.61. The Morgan fingerprint density at radius 3 is 1.84 bits per heavy atom. The maximum absolute atomic E-state index is 12.3. The minimum atomic E-state index is 0. The Labute approximate surface area is 230 Å². The fourth-order valence-electron chi connectivity index (χ4n) is 2.88. The van der Waals surface area contributed by atoms with Crippen LogP contribution in [-0.2, 0) is 19.5 Å². The number of aryl methyl sites for hydroxylation is 1. The van der Waals surface area contributed by atoms with Crippen LogP contribution in [-0.4, -0.2) is 51.0 Å². The third-order valence-electron chi connectivity index (χ3n) is 4.39. The molecular formula is C22H31Cl4N4OZn-. The van der Waals surface area contributed by atoms with Gasteiger partial charge in [0, 0.05) is 24.3 Å². The third kappa shape index (κ3) is 11.9. The van der Waals surface area contributed by atoms with Crippen LogP contribution in [0.1, 0.15) is 29.8 Å². The van der Waals surface area contributed by atoms with Gasteiger partial charge in [0.15, 0.2) is 0 Å². The molecule has 0 atom stereocenters. The second kappa shape index (κ2) is 17.7. The van der Waals surface area contributed by atoms with E-state index in [2.05, 4.69) is 41.1 Å². The van der Waals surface area contributed by atoms with Crippen molar-refractivity contribution in [2.75, 3.05) is 45.7 Å². The number of carbonyl (C=O) groups excluding carboxylic acids is 1. The molecule has 0 spiro atoms. The number of likely N-dealkylation sites (N-methyl/N-ethyl adjacent to an activating group) is 1. The second-order valence-electron chi connectivity index (χ2n) is 7.76. The van der Waals surface area contributed by atoms with E-state index in [1.165, 1.54) is 5.69 Å². The minimum Gasteiger partial charge on any atom is -1.00 e. The molecule has 0 unspecified atom stereocenters. The van der Waals surface area contributed by atoms with Crippen LogP contribution in [0.5, 0.6) is 0 Å². The Hall–Kier alpha value is -0.747. The molecule has 0 aliphatic heterocycles. The van der Waals surface area contributed by atoms with Crippen LogP contribution >= 0.6 is 0 Å². The minimum absolute atomic E-state index is 0. The molecule has 0 saturated carbocycles. The van der Waals surface area contributed by atoms with Crippen LogP contribution in [0.15, 0.2) is 52.7 Å². The Balaban J connectivity index is -0.000000784. The number of carbonyl (C=O) groups is 1. The molecule has 0 heterocycles. The van der Waals surface area contributed by atoms with Crippen molar-refractivity contribution in [1.82, 2.24) is 0 Å². The molecule has 10 heteroatoms. The average Bonchev–Trinajstić information content (AvgIpc) is 2.61. The summed E-state index contributed by atoms with van der Waals surface area (Å²) in [5, 5.41) is 8.70. The molecule has 0 aliphatic rings. The van der Waals surface area contributed by atoms with E-state index in [1.54, 1.807) is 0 Å². The van der Waals surface area contributed by atoms with Gasteiger partial charge in [-0.15, -0.1) is 0 Å². The quantitative estimate of drug-likeness (QED) is 0.136. The first-order chi connectivity index (χ1) is 12.7. The maximum Gasteiger partial charge on any atom is 2.00 e. The summed E-state index contributed by atoms with van der Waals surface area (Å²) in [5.74, 6) is 0.133. The number of Topliss-reactive ketones (excluding diaryl/α,β-unsaturated/α-hetero) is 1. The number of halogens is 4. The molecule has 0 amide bonds. The third-order valence-corrected chi connectivity index (χ3v) is 4.39. The number of hydrogen-bond acceptors (Lipinski definition) is 4. The van der Waals surface area contributed by atoms with E-state index >= 15 is 0 Å². The van der Waals surface area contributed by atoms with E-state index in [0.717, 1.165) is 30.0 Å². The SMILES string of the molecule is CCN(CC)c1ccc(N=Nc2ccc(C(=O)C[N+](C)(C)C)cc2)c(C)c1.[Cl-].[Cl-].[Cl-].[Cl-].[Zn+2]. The summed E-state index contributed by atoms with van der Waals surface area (Å²) in [4.78, 5) is 14.6. The van der Waals surface area contributed by atoms with Gasteiger partial charge in [-0.2, -0.15) is 10.2 Å². The Morgan fingerprint density at radius 2 is 1.41 bits per heavy atom. The van der Waals surface area contributed by atoms with Gasteiger partial charge in [-0.3, -0.25) is 4.79 Å². The summed E-state index contributed by atoms with van der Waals surface area (Å²) in [7, 11) is 6.02. The van der Waals surface area contributed by atoms with Gasteiger partial charge < -0.3 is 59.0 Å². The number of nitrogens with zero attached hydrogens (tertiary/aromatic N) is 4. The van der Waals surface area contributed by atoms with Gasteiger partial charge in [-0.1, -0.05) is 0 Å². The van der Waals surface area contributed by atoms with Gasteiger partial charge in [0.05, 0.1) is 32.5 Å². The molecule has 0 bridgehead atoms. The van der Waals surface area contributed by atoms with Gasteiger partial charge in [-0.05, 0) is 68.8 Å². The second-order valence-corrected chi connectivity index (χ2v) is 7.76. The first-order valence-corrected chi connectivity index (χ1v) is 9.44. The number of anilines is 1. The average molecular weight is 575 g/mol. The predicted octanol–water partition coefficient (Wildman–Crippen LogP) is -6.84. The molecule has 2 aromatic carbocycles. The summed E-state index contributed by atoms with van der Waals surface area (Å²) in [6.45, 7) is 8.79. The van der Waals surface area contributed by atoms with Crippen molar-refractivity contribution in [1.29, 1.82) is 0 Å². The van der Waals surface area contributed by atoms with Crippen molar-refractivity contribution >= 4 is 22.8 Å². The standard InChI is InChI=1S/C22H31N4O.4ClH.Zn/c1-7-25(8-2)20-13-14-21(17(3)15-20)24-23-19-11-9-18(10-12-19)22(27)16-26(4,5)6;;;;;/h9-15H,7-8,16H2,1-6H3;4*1H;/q+1;;;;;+2/p-4. The largest absolute Gasteiger partial charge is 2.00 e. The van der Waals surface area contributed by atoms with E-state index < -0.39 is 0 Å². The van der Waals surface area contributed by atoms with Gasteiger partial charge in [0.1, 0.15) is 6.54 Å². The van der Waals surface area contributed by atoms with Crippen LogP contribution in [0.25, 0.3) is 0 Å². The van der Waals surface area contributed by atoms with E-state index in [0.29, 0.717) is 16.6 Å². The zero-order chi connectivity index (χ0) is 20.0. The fourth-order valence-corrected chi connectivity index (χ4v) is 2.88. The first kappa shape index (κ1) is 38.5. The molecule has 32 heavy (non-hydrogen) atoms. The van der Waals surface area contributed by atoms with Crippen LogP contribution < -0.4 is 54.5 Å². The molecule has 0 saturated heterocycles. The van der Waals surface area contributed by atoms with Crippen molar-refractivity contribution in [2.24, 2.45) is 10.2 Å². The summed E-state index contributed by atoms with van der Waals surface area (Å²) in [6.07, 6.45) is 0. The summed E-state index contributed by atoms with van der Waals surface area (Å²) in [6, 6.07) is 13.6. The molecule has 0 aliphatic carbocycles. The Kier molecular flexibility index (Phi) is 21.3. The van der Waals surface area contributed by atoms with E-state index in [4.69, 9.17) is 0 Å². The molecule has 5 nitrogen and oxygen atoms in total. The number of quaternary nitrogens is 1. The number of benzene rings is 2. The van der Waals surface area contributed by atoms with Crippen molar-refractivity contribution in [3.8, 4) is 0 Å². The molecule has 2 aromatic rings. The fraction of sp³-hybridized carbons (Fsp3) is 0.409. The smallest absolute Gasteiger partial charge is 1.00 e. The van der Waals surface area contributed by atoms with Crippen LogP contribution in [0.2, 0.25) is 0 Å². The number of rotatable bonds is 8. The van der Waals surface area contributed by atoms with E-state index in [1.807, 2.05) is 58.4 Å². The monoisotopic (exact) mass is 571 g/mol. The molecular weight excluding hydrogens is 543 g/mol. The number of hydrogen-bond donors (Lipinski definition) is 0. The van der Waals surface area contributed by atoms with Crippen LogP contribution in [0.3, 0.4) is 0 Å². The number of ketones is 1. The topological polar surface area (TPSA) is 45.0 Å². The molecule has 0 radical (unpaired) electrons. The van der Waals surface area contributed by atoms with Crippen molar-refractivity contribution in [3.63, 3.8) is 0 Å². The number of azo groups is 1. The van der Waals surface area contributed by atoms with E-state index in [-0.39, 0.29) is 74.9 Å². The van der Waals surface area contributed by atoms with Gasteiger partial charge >= 0.3 is 19.5 Å². The van der Waals surface area contributed by atoms with Gasteiger partial charge in [0.2, 0.25) is 5.78 Å². The van der Waals surface area contributed by atoms with Gasteiger partial charge in [0.25, 0.3) is 0 Å². The normalized spacial score (nSPS) is 9.94. The van der Waals surface area contributed by atoms with Crippen molar-refractivity contribution in [2.45, 2.75) is 20.8 Å². The first-order valence-electron chi connectivity index (χ1n) is 9.44. The zero-order valence-electron chi connectivity index (χ0n) is 19.6. The Bertz CT molecular complexity index is 824. The van der Waals surface area contributed by atoms with Crippen LogP contribution in [0.4, 0.5) is 17.1 Å². The zero-order valence-corrected chi connectivity index (χ0v) is 25.6. The van der Waals surface area contributed by atoms with Crippen LogP contribution in [0, 0.1) is 6.92 Å². The van der Waals surface area contributed by atoms with Gasteiger partial charge in [-0.25, -0.2) is 0 Å². The predicted molar refractivity (Wildman–Crippen MR) is 113 cm³/mol. The van der Waals surface area contributed by atoms with Crippen molar-refractivity contribution in [3.05, 3.63) is 53.6 Å². The molecule has 0 fully saturated rings. The maximum atomic E-state index is 12.3. The summed E-state index contributed by atoms with van der Waals surface area (Å²) >= 11 is 0. The molecule has 2 rings (SSSR count).